The molecule has 1 atom stereocenters. The van der Waals surface area contributed by atoms with Gasteiger partial charge in [0, 0.05) is 36.7 Å². The van der Waals surface area contributed by atoms with E-state index in [-0.39, 0.29) is 6.04 Å². The number of nitrogens with one attached hydrogen (secondary N) is 1. The molecule has 4 heteroatoms. The molecule has 0 spiro atoms. The Kier molecular flexibility index (Phi) is 4.76. The second-order valence-corrected chi connectivity index (χ2v) is 6.28. The number of imidazole rings is 1. The van der Waals surface area contributed by atoms with Crippen molar-refractivity contribution in [2.45, 2.75) is 40.3 Å². The molecular weight excluding hydrogens is 296 g/mol. The monoisotopic (exact) mass is 320 g/mol. The van der Waals surface area contributed by atoms with Gasteiger partial charge in [0.1, 0.15) is 11.6 Å². The van der Waals surface area contributed by atoms with Crippen LogP contribution in [0.2, 0.25) is 0 Å². The van der Waals surface area contributed by atoms with Crippen molar-refractivity contribution in [2.75, 3.05) is 0 Å². The lowest BCUT2D eigenvalue weighted by atomic mass is 10.0. The minimum absolute atomic E-state index is 0.279. The average Bonchev–Trinajstić information content (AvgIpc) is 3.01. The largest absolute Gasteiger partial charge is 0.306 e. The van der Waals surface area contributed by atoms with Crippen molar-refractivity contribution >= 4 is 0 Å². The molecule has 3 rings (SSSR count). The van der Waals surface area contributed by atoms with Gasteiger partial charge in [-0.2, -0.15) is 0 Å². The molecule has 0 saturated carbocycles. The summed E-state index contributed by atoms with van der Waals surface area (Å²) >= 11 is 0. The number of hydrogen-bond acceptors (Lipinski definition) is 3. The lowest BCUT2D eigenvalue weighted by Crippen LogP contribution is -2.19. The SMILES string of the molecule is Cc1ccc(C(C)NCc2cccnc2-n2ccnc2C)cc1C. The summed E-state index contributed by atoms with van der Waals surface area (Å²) in [5.74, 6) is 1.88. The first kappa shape index (κ1) is 16.4. The fraction of sp³-hybridized carbons (Fsp3) is 0.300. The zero-order chi connectivity index (χ0) is 17.1. The van der Waals surface area contributed by atoms with Crippen LogP contribution >= 0.6 is 0 Å². The highest BCUT2D eigenvalue weighted by molar-refractivity contribution is 5.35. The first-order valence-electron chi connectivity index (χ1n) is 8.31. The molecule has 24 heavy (non-hydrogen) atoms. The van der Waals surface area contributed by atoms with E-state index in [1.807, 2.05) is 30.0 Å². The van der Waals surface area contributed by atoms with Crippen molar-refractivity contribution < 1.29 is 0 Å². The number of nitrogens with zero attached hydrogens (tertiary/aromatic N) is 3. The van der Waals surface area contributed by atoms with E-state index >= 15 is 0 Å². The smallest absolute Gasteiger partial charge is 0.142 e. The van der Waals surface area contributed by atoms with Gasteiger partial charge in [-0.25, -0.2) is 9.97 Å². The minimum atomic E-state index is 0.279. The minimum Gasteiger partial charge on any atom is -0.306 e. The van der Waals surface area contributed by atoms with E-state index < -0.39 is 0 Å². The van der Waals surface area contributed by atoms with E-state index in [2.05, 4.69) is 60.3 Å². The van der Waals surface area contributed by atoms with Crippen LogP contribution in [0.5, 0.6) is 0 Å². The Bertz CT molecular complexity index is 835. The van der Waals surface area contributed by atoms with Crippen LogP contribution in [0.25, 0.3) is 5.82 Å². The fourth-order valence-electron chi connectivity index (χ4n) is 2.80. The van der Waals surface area contributed by atoms with Crippen LogP contribution in [0.1, 0.15) is 41.0 Å². The predicted molar refractivity (Wildman–Crippen MR) is 97.3 cm³/mol. The van der Waals surface area contributed by atoms with Gasteiger partial charge in [-0.15, -0.1) is 0 Å². The molecule has 1 aromatic carbocycles. The molecule has 0 bridgehead atoms. The van der Waals surface area contributed by atoms with Gasteiger partial charge in [0.25, 0.3) is 0 Å². The Morgan fingerprint density at radius 1 is 1.04 bits per heavy atom. The summed E-state index contributed by atoms with van der Waals surface area (Å²) in [5.41, 5.74) is 5.13. The molecular formula is C20H24N4. The second kappa shape index (κ2) is 6.97. The predicted octanol–water partition coefficient (Wildman–Crippen LogP) is 4.04. The molecule has 0 saturated heterocycles. The standard InChI is InChI=1S/C20H24N4/c1-14-7-8-18(12-15(14)2)16(3)23-13-19-6-5-9-22-20(19)24-11-10-21-17(24)4/h5-12,16,23H,13H2,1-4H3. The highest BCUT2D eigenvalue weighted by atomic mass is 15.1. The van der Waals surface area contributed by atoms with E-state index in [0.717, 1.165) is 23.8 Å². The summed E-state index contributed by atoms with van der Waals surface area (Å²) < 4.78 is 2.03. The highest BCUT2D eigenvalue weighted by Crippen LogP contribution is 2.19. The maximum absolute atomic E-state index is 4.54. The highest BCUT2D eigenvalue weighted by Gasteiger charge is 2.10. The summed E-state index contributed by atoms with van der Waals surface area (Å²) in [7, 11) is 0. The Morgan fingerprint density at radius 3 is 2.58 bits per heavy atom. The van der Waals surface area contributed by atoms with Crippen molar-refractivity contribution in [3.05, 3.63) is 77.0 Å². The van der Waals surface area contributed by atoms with Crippen molar-refractivity contribution in [2.24, 2.45) is 0 Å². The maximum Gasteiger partial charge on any atom is 0.142 e. The average molecular weight is 320 g/mol. The molecule has 2 heterocycles. The Morgan fingerprint density at radius 2 is 1.88 bits per heavy atom. The number of rotatable bonds is 5. The third-order valence-corrected chi connectivity index (χ3v) is 4.55. The molecule has 0 amide bonds. The maximum atomic E-state index is 4.54. The van der Waals surface area contributed by atoms with E-state index in [9.17, 15) is 0 Å². The van der Waals surface area contributed by atoms with Gasteiger partial charge in [0.2, 0.25) is 0 Å². The van der Waals surface area contributed by atoms with Crippen LogP contribution in [0, 0.1) is 20.8 Å². The summed E-state index contributed by atoms with van der Waals surface area (Å²) in [4.78, 5) is 8.84. The summed E-state index contributed by atoms with van der Waals surface area (Å²) in [5, 5.41) is 3.61. The molecule has 4 nitrogen and oxygen atoms in total. The lowest BCUT2D eigenvalue weighted by Gasteiger charge is -2.17. The van der Waals surface area contributed by atoms with Crippen LogP contribution in [0.4, 0.5) is 0 Å². The molecule has 1 N–H and O–H groups in total. The zero-order valence-electron chi connectivity index (χ0n) is 14.7. The van der Waals surface area contributed by atoms with Gasteiger partial charge in [0.05, 0.1) is 0 Å². The van der Waals surface area contributed by atoms with Crippen molar-refractivity contribution in [3.8, 4) is 5.82 Å². The van der Waals surface area contributed by atoms with Crippen LogP contribution < -0.4 is 5.32 Å². The summed E-state index contributed by atoms with van der Waals surface area (Å²) in [6.45, 7) is 9.25. The first-order chi connectivity index (χ1) is 11.6. The Balaban J connectivity index is 1.77. The van der Waals surface area contributed by atoms with Gasteiger partial charge in [0.15, 0.2) is 0 Å². The molecule has 1 unspecified atom stereocenters. The molecule has 0 aliphatic rings. The Labute approximate surface area is 143 Å². The van der Waals surface area contributed by atoms with Gasteiger partial charge in [-0.3, -0.25) is 4.57 Å². The fourth-order valence-corrected chi connectivity index (χ4v) is 2.80. The summed E-state index contributed by atoms with van der Waals surface area (Å²) in [6.07, 6.45) is 5.58. The number of pyridine rings is 1. The van der Waals surface area contributed by atoms with E-state index in [4.69, 9.17) is 0 Å². The van der Waals surface area contributed by atoms with E-state index in [1.165, 1.54) is 16.7 Å². The molecule has 3 aromatic rings. The van der Waals surface area contributed by atoms with Crippen LogP contribution in [0.15, 0.2) is 48.9 Å². The third-order valence-electron chi connectivity index (χ3n) is 4.55. The van der Waals surface area contributed by atoms with Gasteiger partial charge in [-0.05, 0) is 50.5 Å². The normalized spacial score (nSPS) is 12.3. The quantitative estimate of drug-likeness (QED) is 0.771. The molecule has 0 aliphatic heterocycles. The topological polar surface area (TPSA) is 42.7 Å². The number of benzene rings is 1. The Hall–Kier alpha value is -2.46. The van der Waals surface area contributed by atoms with Crippen molar-refractivity contribution in [3.63, 3.8) is 0 Å². The molecule has 124 valence electrons. The van der Waals surface area contributed by atoms with Crippen LogP contribution in [-0.2, 0) is 6.54 Å². The van der Waals surface area contributed by atoms with Crippen LogP contribution in [0.3, 0.4) is 0 Å². The van der Waals surface area contributed by atoms with Crippen molar-refractivity contribution in [1.29, 1.82) is 0 Å². The first-order valence-corrected chi connectivity index (χ1v) is 8.31. The second-order valence-electron chi connectivity index (χ2n) is 6.28. The molecule has 0 radical (unpaired) electrons. The third kappa shape index (κ3) is 3.39. The van der Waals surface area contributed by atoms with Gasteiger partial charge < -0.3 is 5.32 Å². The molecule has 0 aliphatic carbocycles. The molecule has 0 fully saturated rings. The zero-order valence-corrected chi connectivity index (χ0v) is 14.7. The van der Waals surface area contributed by atoms with E-state index in [0.29, 0.717) is 0 Å². The number of hydrogen-bond donors (Lipinski definition) is 1. The lowest BCUT2D eigenvalue weighted by molar-refractivity contribution is 0.571. The number of aryl methyl sites for hydroxylation is 3. The molecule has 2 aromatic heterocycles. The van der Waals surface area contributed by atoms with Crippen LogP contribution in [-0.4, -0.2) is 14.5 Å². The summed E-state index contributed by atoms with van der Waals surface area (Å²) in [6, 6.07) is 11.0. The van der Waals surface area contributed by atoms with Crippen molar-refractivity contribution in [1.82, 2.24) is 19.9 Å². The van der Waals surface area contributed by atoms with Gasteiger partial charge >= 0.3 is 0 Å². The van der Waals surface area contributed by atoms with Gasteiger partial charge in [-0.1, -0.05) is 24.3 Å². The number of aromatic nitrogens is 3. The van der Waals surface area contributed by atoms with E-state index in [1.54, 1.807) is 6.20 Å².